The fourth-order valence-electron chi connectivity index (χ4n) is 10.2. The topological polar surface area (TPSA) is 199 Å². The van der Waals surface area contributed by atoms with Gasteiger partial charge in [0.05, 0.1) is 31.7 Å². The second-order valence-electron chi connectivity index (χ2n) is 19.2. The third-order valence-corrected chi connectivity index (χ3v) is 17.2. The molecule has 12 rings (SSSR count). The number of benzene rings is 3. The fourth-order valence-corrected chi connectivity index (χ4v) is 12.1. The number of amidine groups is 3. The molecule has 0 radical (unpaired) electrons. The highest BCUT2D eigenvalue weighted by Crippen LogP contribution is 2.37. The van der Waals surface area contributed by atoms with Gasteiger partial charge in [-0.3, -0.25) is 0 Å². The first-order valence-corrected chi connectivity index (χ1v) is 28.4. The predicted molar refractivity (Wildman–Crippen MR) is 323 cm³/mol. The van der Waals surface area contributed by atoms with Crippen LogP contribution in [0.4, 0.5) is 17.1 Å². The molecule has 15 heteroatoms. The number of aromatic nitrogens is 3. The van der Waals surface area contributed by atoms with Gasteiger partial charge in [-0.05, 0) is 185 Å². The number of fused-ring (bicyclic) bond motifs is 3. The maximum Gasteiger partial charge on any atom is 0.141 e. The second kappa shape index (κ2) is 24.0. The van der Waals surface area contributed by atoms with Crippen LogP contribution in [0.1, 0.15) is 89.1 Å². The van der Waals surface area contributed by atoms with Crippen LogP contribution in [-0.2, 0) is 0 Å². The van der Waals surface area contributed by atoms with Crippen molar-refractivity contribution in [3.05, 3.63) is 175 Å². The number of hydrogen-bond donors (Lipinski definition) is 9. The Balaban J connectivity index is 0.000000128. The van der Waals surface area contributed by atoms with Gasteiger partial charge in [0, 0.05) is 86.1 Å². The molecule has 0 amide bonds. The van der Waals surface area contributed by atoms with Crippen molar-refractivity contribution in [1.29, 1.82) is 0 Å². The summed E-state index contributed by atoms with van der Waals surface area (Å²) in [5.74, 6) is 1.71. The van der Waals surface area contributed by atoms with Crippen LogP contribution in [0.3, 0.4) is 0 Å². The number of allylic oxidation sites excluding steroid dienone is 3. The van der Waals surface area contributed by atoms with Gasteiger partial charge >= 0.3 is 0 Å². The van der Waals surface area contributed by atoms with E-state index >= 15 is 0 Å². The molecule has 0 saturated carbocycles. The molecular formula is C60H66N12S3. The van der Waals surface area contributed by atoms with Crippen molar-refractivity contribution >= 4 is 118 Å². The monoisotopic (exact) mass is 1050 g/mol. The van der Waals surface area contributed by atoms with E-state index in [0.29, 0.717) is 35.6 Å². The Labute approximate surface area is 450 Å². The van der Waals surface area contributed by atoms with Gasteiger partial charge in [-0.2, -0.15) is 0 Å². The average molecular weight is 1050 g/mol. The van der Waals surface area contributed by atoms with Crippen molar-refractivity contribution in [2.75, 3.05) is 21.1 Å². The van der Waals surface area contributed by atoms with Gasteiger partial charge < -0.3 is 48.1 Å². The molecule has 6 aromatic heterocycles. The molecule has 3 atom stereocenters. The molecular weight excluding hydrogens is 985 g/mol. The zero-order chi connectivity index (χ0) is 51.7. The van der Waals surface area contributed by atoms with E-state index in [2.05, 4.69) is 119 Å². The minimum absolute atomic E-state index is 0.570. The maximum absolute atomic E-state index is 6.14. The summed E-state index contributed by atoms with van der Waals surface area (Å²) in [6.45, 7) is 0. The smallest absolute Gasteiger partial charge is 0.141 e. The van der Waals surface area contributed by atoms with E-state index in [1.807, 2.05) is 91.9 Å². The zero-order valence-corrected chi connectivity index (χ0v) is 45.2. The number of aromatic amines is 3. The SMILES string of the molecule is CNC1CC=C(c2c[nH]c3ccc(N=C(N)c4cccs4)cc23)CC1.CNC1CC=C(c2c[nH]c3ccc(N=C(N)c4cccs4)cc23)CC1.CNC1CC=C(c2c[nH]c3ccc(N=C(N)c4cccs4)cc23)CC1. The number of thiophene rings is 3. The van der Waals surface area contributed by atoms with Crippen molar-refractivity contribution in [2.45, 2.75) is 75.9 Å². The summed E-state index contributed by atoms with van der Waals surface area (Å²) < 4.78 is 0. The molecule has 6 heterocycles. The van der Waals surface area contributed by atoms with Crippen molar-refractivity contribution in [3.8, 4) is 0 Å². The second-order valence-corrected chi connectivity index (χ2v) is 22.0. The van der Waals surface area contributed by atoms with Gasteiger partial charge in [0.1, 0.15) is 17.5 Å². The lowest BCUT2D eigenvalue weighted by molar-refractivity contribution is 0.523. The van der Waals surface area contributed by atoms with E-state index in [9.17, 15) is 0 Å². The number of H-pyrrole nitrogens is 3. The number of aliphatic imine (C=N–C) groups is 3. The molecule has 75 heavy (non-hydrogen) atoms. The molecule has 0 bridgehead atoms. The molecule has 12 N–H and O–H groups in total. The molecule has 3 aliphatic carbocycles. The van der Waals surface area contributed by atoms with Crippen LogP contribution in [0.5, 0.6) is 0 Å². The normalized spacial score (nSPS) is 18.5. The van der Waals surface area contributed by atoms with Crippen LogP contribution in [0.2, 0.25) is 0 Å². The Morgan fingerprint density at radius 3 is 1.00 bits per heavy atom. The Hall–Kier alpha value is -7.11. The summed E-state index contributed by atoms with van der Waals surface area (Å²) >= 11 is 4.82. The third-order valence-electron chi connectivity index (χ3n) is 14.6. The molecule has 3 unspecified atom stereocenters. The van der Waals surface area contributed by atoms with Crippen molar-refractivity contribution < 1.29 is 0 Å². The Morgan fingerprint density at radius 1 is 0.453 bits per heavy atom. The molecule has 384 valence electrons. The van der Waals surface area contributed by atoms with Crippen molar-refractivity contribution in [2.24, 2.45) is 32.2 Å². The average Bonchev–Trinajstić information content (AvgIpc) is 4.33. The Morgan fingerprint density at radius 2 is 0.760 bits per heavy atom. The minimum Gasteiger partial charge on any atom is -0.383 e. The third kappa shape index (κ3) is 12.2. The quantitative estimate of drug-likeness (QED) is 0.0431. The van der Waals surface area contributed by atoms with E-state index < -0.39 is 0 Å². The van der Waals surface area contributed by atoms with Crippen LogP contribution < -0.4 is 33.2 Å². The first-order valence-electron chi connectivity index (χ1n) is 25.8. The molecule has 0 fully saturated rings. The first-order chi connectivity index (χ1) is 36.7. The molecule has 12 nitrogen and oxygen atoms in total. The van der Waals surface area contributed by atoms with Crippen LogP contribution >= 0.6 is 34.0 Å². The minimum atomic E-state index is 0.570. The van der Waals surface area contributed by atoms with Crippen LogP contribution in [0, 0.1) is 0 Å². The summed E-state index contributed by atoms with van der Waals surface area (Å²) in [7, 11) is 6.12. The molecule has 3 aromatic carbocycles. The largest absolute Gasteiger partial charge is 0.383 e. The Kier molecular flexibility index (Phi) is 16.5. The predicted octanol–water partition coefficient (Wildman–Crippen LogP) is 13.3. The summed E-state index contributed by atoms with van der Waals surface area (Å²) in [5.41, 5.74) is 32.6. The highest BCUT2D eigenvalue weighted by molar-refractivity contribution is 7.12. The van der Waals surface area contributed by atoms with E-state index in [-0.39, 0.29) is 0 Å². The van der Waals surface area contributed by atoms with E-state index in [1.54, 1.807) is 34.0 Å². The lowest BCUT2D eigenvalue weighted by atomic mass is 9.90. The summed E-state index contributed by atoms with van der Waals surface area (Å²) in [6, 6.07) is 32.4. The standard InChI is InChI=1S/3C20H22N4S/c3*1-22-14-6-4-13(5-7-14)17-12-23-18-9-8-15(11-16(17)18)24-20(21)19-3-2-10-25-19/h3*2-4,8-12,14,22-23H,5-7H2,1H3,(H2,21,24). The van der Waals surface area contributed by atoms with Gasteiger partial charge in [-0.15, -0.1) is 34.0 Å². The molecule has 0 spiro atoms. The summed E-state index contributed by atoms with van der Waals surface area (Å²) in [5, 5.41) is 19.8. The number of hydrogen-bond acceptors (Lipinski definition) is 9. The van der Waals surface area contributed by atoms with Crippen LogP contribution in [-0.4, -0.2) is 71.7 Å². The highest BCUT2D eigenvalue weighted by Gasteiger charge is 2.20. The van der Waals surface area contributed by atoms with Gasteiger partial charge in [0.15, 0.2) is 0 Å². The summed E-state index contributed by atoms with van der Waals surface area (Å²) in [4.78, 5) is 27.0. The Bertz CT molecular complexity index is 3170. The van der Waals surface area contributed by atoms with E-state index in [4.69, 9.17) is 17.2 Å². The van der Waals surface area contributed by atoms with E-state index in [1.165, 1.54) is 68.8 Å². The van der Waals surface area contributed by atoms with Gasteiger partial charge in [-0.1, -0.05) is 36.4 Å². The van der Waals surface area contributed by atoms with Crippen LogP contribution in [0.25, 0.3) is 49.4 Å². The van der Waals surface area contributed by atoms with Gasteiger partial charge in [0.25, 0.3) is 0 Å². The highest BCUT2D eigenvalue weighted by atomic mass is 32.1. The first kappa shape index (κ1) is 51.4. The molecule has 0 aliphatic heterocycles. The number of rotatable bonds is 12. The number of nitrogens with zero attached hydrogens (tertiary/aromatic N) is 3. The molecule has 3 aliphatic rings. The number of nitrogens with two attached hydrogens (primary N) is 3. The van der Waals surface area contributed by atoms with Gasteiger partial charge in [-0.25, -0.2) is 15.0 Å². The zero-order valence-electron chi connectivity index (χ0n) is 42.8. The van der Waals surface area contributed by atoms with E-state index in [0.717, 1.165) is 86.8 Å². The molecule has 0 saturated heterocycles. The maximum atomic E-state index is 6.14. The van der Waals surface area contributed by atoms with Crippen LogP contribution in [0.15, 0.2) is 159 Å². The molecule has 9 aromatic rings. The van der Waals surface area contributed by atoms with Crippen molar-refractivity contribution in [3.63, 3.8) is 0 Å². The van der Waals surface area contributed by atoms with Crippen molar-refractivity contribution in [1.82, 2.24) is 30.9 Å². The summed E-state index contributed by atoms with van der Waals surface area (Å²) in [6.07, 6.45) is 23.5. The number of nitrogens with one attached hydrogen (secondary N) is 6. The van der Waals surface area contributed by atoms with Gasteiger partial charge in [0.2, 0.25) is 0 Å². The fraction of sp³-hybridized carbons (Fsp3) is 0.250. The lowest BCUT2D eigenvalue weighted by Crippen LogP contribution is -2.26. The lowest BCUT2D eigenvalue weighted by Gasteiger charge is -2.21.